The molecule has 7 heteroatoms. The van der Waals surface area contributed by atoms with Gasteiger partial charge < -0.3 is 10.4 Å². The first-order chi connectivity index (χ1) is 8.94. The molecule has 0 saturated heterocycles. The fraction of sp³-hybridized carbons (Fsp3) is 0.500. The van der Waals surface area contributed by atoms with Crippen LogP contribution < -0.4 is 5.32 Å². The van der Waals surface area contributed by atoms with Gasteiger partial charge in [0.25, 0.3) is 0 Å². The fourth-order valence-corrected chi connectivity index (χ4v) is 2.39. The highest BCUT2D eigenvalue weighted by Crippen LogP contribution is 2.35. The van der Waals surface area contributed by atoms with E-state index in [0.717, 1.165) is 12.8 Å². The van der Waals surface area contributed by atoms with Crippen molar-refractivity contribution in [2.45, 2.75) is 38.1 Å². The number of carboxylic acid groups (broad SMARTS) is 1. The largest absolute Gasteiger partial charge is 0.480 e. The van der Waals surface area contributed by atoms with E-state index < -0.39 is 16.4 Å². The molecule has 1 aliphatic rings. The lowest BCUT2D eigenvalue weighted by atomic mass is 9.98. The number of hydrogen-bond acceptors (Lipinski definition) is 5. The Labute approximate surface area is 109 Å². The third-order valence-electron chi connectivity index (χ3n) is 3.43. The molecule has 1 fully saturated rings. The molecule has 1 saturated carbocycles. The van der Waals surface area contributed by atoms with Crippen LogP contribution in [-0.2, 0) is 4.79 Å². The van der Waals surface area contributed by atoms with Crippen LogP contribution in [0, 0.1) is 17.0 Å². The van der Waals surface area contributed by atoms with Gasteiger partial charge in [-0.3, -0.25) is 10.1 Å². The van der Waals surface area contributed by atoms with E-state index in [2.05, 4.69) is 10.3 Å². The van der Waals surface area contributed by atoms with Crippen molar-refractivity contribution in [1.82, 2.24) is 4.98 Å². The van der Waals surface area contributed by atoms with Crippen molar-refractivity contribution in [2.24, 2.45) is 0 Å². The Morgan fingerprint density at radius 3 is 2.63 bits per heavy atom. The van der Waals surface area contributed by atoms with Crippen LogP contribution in [0.4, 0.5) is 11.5 Å². The van der Waals surface area contributed by atoms with Crippen molar-refractivity contribution in [1.29, 1.82) is 0 Å². The molecule has 102 valence electrons. The minimum Gasteiger partial charge on any atom is -0.480 e. The summed E-state index contributed by atoms with van der Waals surface area (Å²) in [6, 6.07) is 2.88. The van der Waals surface area contributed by atoms with Crippen molar-refractivity contribution in [2.75, 3.05) is 5.32 Å². The molecule has 2 N–H and O–H groups in total. The van der Waals surface area contributed by atoms with Gasteiger partial charge in [0.15, 0.2) is 0 Å². The summed E-state index contributed by atoms with van der Waals surface area (Å²) < 4.78 is 0. The summed E-state index contributed by atoms with van der Waals surface area (Å²) in [5, 5.41) is 23.1. The molecule has 0 radical (unpaired) electrons. The number of nitrogens with zero attached hydrogens (tertiary/aromatic N) is 2. The first kappa shape index (κ1) is 13.3. The number of carboxylic acids is 1. The summed E-state index contributed by atoms with van der Waals surface area (Å²) in [6.45, 7) is 1.71. The quantitative estimate of drug-likeness (QED) is 0.638. The van der Waals surface area contributed by atoms with Gasteiger partial charge in [-0.2, -0.15) is 0 Å². The number of aromatic nitrogens is 1. The van der Waals surface area contributed by atoms with Crippen LogP contribution >= 0.6 is 0 Å². The van der Waals surface area contributed by atoms with Gasteiger partial charge in [-0.05, 0) is 25.8 Å². The molecule has 0 atom stereocenters. The normalized spacial score (nSPS) is 17.1. The number of aryl methyl sites for hydroxylation is 1. The molecule has 19 heavy (non-hydrogen) atoms. The Kier molecular flexibility index (Phi) is 3.37. The second kappa shape index (κ2) is 4.83. The van der Waals surface area contributed by atoms with E-state index in [9.17, 15) is 20.0 Å². The summed E-state index contributed by atoms with van der Waals surface area (Å²) in [6.07, 6.45) is 2.49. The number of rotatable bonds is 4. The highest BCUT2D eigenvalue weighted by molar-refractivity contribution is 5.83. The highest BCUT2D eigenvalue weighted by atomic mass is 16.6. The van der Waals surface area contributed by atoms with E-state index in [1.165, 1.54) is 12.1 Å². The summed E-state index contributed by atoms with van der Waals surface area (Å²) in [5.41, 5.74) is -0.726. The number of carbonyl (C=O) groups is 1. The zero-order valence-electron chi connectivity index (χ0n) is 10.5. The Bertz CT molecular complexity index is 524. The molecular weight excluding hydrogens is 250 g/mol. The summed E-state index contributed by atoms with van der Waals surface area (Å²) in [7, 11) is 0. The minimum atomic E-state index is -1.13. The molecule has 0 spiro atoms. The second-order valence-corrected chi connectivity index (χ2v) is 4.80. The van der Waals surface area contributed by atoms with Gasteiger partial charge in [0.1, 0.15) is 5.54 Å². The molecule has 1 aromatic rings. The van der Waals surface area contributed by atoms with Gasteiger partial charge in [-0.15, -0.1) is 0 Å². The fourth-order valence-electron chi connectivity index (χ4n) is 2.39. The molecule has 1 aromatic heterocycles. The highest BCUT2D eigenvalue weighted by Gasteiger charge is 2.42. The van der Waals surface area contributed by atoms with E-state index in [4.69, 9.17) is 0 Å². The third-order valence-corrected chi connectivity index (χ3v) is 3.43. The number of pyridine rings is 1. The topological polar surface area (TPSA) is 105 Å². The molecule has 0 aliphatic heterocycles. The van der Waals surface area contributed by atoms with Crippen LogP contribution in [0.3, 0.4) is 0 Å². The van der Waals surface area contributed by atoms with Crippen LogP contribution in [0.5, 0.6) is 0 Å². The molecule has 1 aliphatic carbocycles. The van der Waals surface area contributed by atoms with Crippen molar-refractivity contribution in [3.8, 4) is 0 Å². The SMILES string of the molecule is Cc1ccc([N+](=O)[O-])c(NC2(C(=O)O)CCCC2)n1. The average molecular weight is 265 g/mol. The Morgan fingerprint density at radius 1 is 1.47 bits per heavy atom. The lowest BCUT2D eigenvalue weighted by Gasteiger charge is -2.25. The van der Waals surface area contributed by atoms with E-state index in [-0.39, 0.29) is 11.5 Å². The molecular formula is C12H15N3O4. The number of nitrogens with one attached hydrogen (secondary N) is 1. The van der Waals surface area contributed by atoms with Crippen molar-refractivity contribution in [3.05, 3.63) is 27.9 Å². The standard InChI is InChI=1S/C12H15N3O4/c1-8-4-5-9(15(18)19)10(13-8)14-12(11(16)17)6-2-3-7-12/h4-5H,2-3,6-7H2,1H3,(H,13,14)(H,16,17). The monoisotopic (exact) mass is 265 g/mol. The lowest BCUT2D eigenvalue weighted by molar-refractivity contribution is -0.384. The Morgan fingerprint density at radius 2 is 2.11 bits per heavy atom. The van der Waals surface area contributed by atoms with Crippen molar-refractivity contribution in [3.63, 3.8) is 0 Å². The Hall–Kier alpha value is -2.18. The van der Waals surface area contributed by atoms with E-state index in [0.29, 0.717) is 18.5 Å². The molecule has 0 aromatic carbocycles. The lowest BCUT2D eigenvalue weighted by Crippen LogP contribution is -2.44. The van der Waals surface area contributed by atoms with Crippen LogP contribution in [-0.4, -0.2) is 26.5 Å². The predicted molar refractivity (Wildman–Crippen MR) is 68.1 cm³/mol. The maximum Gasteiger partial charge on any atom is 0.329 e. The molecule has 0 bridgehead atoms. The van der Waals surface area contributed by atoms with Crippen LogP contribution in [0.25, 0.3) is 0 Å². The summed E-state index contributed by atoms with van der Waals surface area (Å²) >= 11 is 0. The maximum absolute atomic E-state index is 11.4. The van der Waals surface area contributed by atoms with Crippen molar-refractivity contribution >= 4 is 17.5 Å². The van der Waals surface area contributed by atoms with Gasteiger partial charge in [0.05, 0.1) is 4.92 Å². The van der Waals surface area contributed by atoms with Gasteiger partial charge in [0, 0.05) is 11.8 Å². The number of nitro groups is 1. The molecule has 7 nitrogen and oxygen atoms in total. The summed E-state index contributed by atoms with van der Waals surface area (Å²) in [5.74, 6) is -0.947. The van der Waals surface area contributed by atoms with Gasteiger partial charge in [-0.25, -0.2) is 9.78 Å². The zero-order chi connectivity index (χ0) is 14.0. The zero-order valence-corrected chi connectivity index (χ0v) is 10.5. The van der Waals surface area contributed by atoms with E-state index in [1.807, 2.05) is 0 Å². The van der Waals surface area contributed by atoms with Crippen LogP contribution in [0.2, 0.25) is 0 Å². The van der Waals surface area contributed by atoms with E-state index >= 15 is 0 Å². The van der Waals surface area contributed by atoms with Crippen LogP contribution in [0.15, 0.2) is 12.1 Å². The average Bonchev–Trinajstić information content (AvgIpc) is 2.78. The number of anilines is 1. The van der Waals surface area contributed by atoms with Crippen LogP contribution in [0.1, 0.15) is 31.4 Å². The number of aliphatic carboxylic acids is 1. The van der Waals surface area contributed by atoms with Gasteiger partial charge >= 0.3 is 11.7 Å². The number of hydrogen-bond donors (Lipinski definition) is 2. The second-order valence-electron chi connectivity index (χ2n) is 4.80. The minimum absolute atomic E-state index is 0.0364. The van der Waals surface area contributed by atoms with Crippen molar-refractivity contribution < 1.29 is 14.8 Å². The van der Waals surface area contributed by atoms with E-state index in [1.54, 1.807) is 6.92 Å². The first-order valence-corrected chi connectivity index (χ1v) is 6.08. The smallest absolute Gasteiger partial charge is 0.329 e. The maximum atomic E-state index is 11.4. The first-order valence-electron chi connectivity index (χ1n) is 6.08. The third kappa shape index (κ3) is 2.49. The van der Waals surface area contributed by atoms with Gasteiger partial charge in [-0.1, -0.05) is 12.8 Å². The Balaban J connectivity index is 2.39. The molecule has 0 amide bonds. The summed E-state index contributed by atoms with van der Waals surface area (Å²) in [4.78, 5) is 25.9. The molecule has 2 rings (SSSR count). The van der Waals surface area contributed by atoms with Gasteiger partial charge in [0.2, 0.25) is 5.82 Å². The molecule has 1 heterocycles. The predicted octanol–water partition coefficient (Wildman–Crippen LogP) is 2.11. The molecule has 0 unspecified atom stereocenters.